The molecule has 24 heavy (non-hydrogen) atoms. The zero-order valence-electron chi connectivity index (χ0n) is 14.4. The predicted molar refractivity (Wildman–Crippen MR) is 91.6 cm³/mol. The molecular weight excluding hydrogens is 310 g/mol. The summed E-state index contributed by atoms with van der Waals surface area (Å²) in [6.45, 7) is 7.27. The number of guanidine groups is 1. The van der Waals surface area contributed by atoms with Crippen LogP contribution in [0.25, 0.3) is 0 Å². The molecule has 130 valence electrons. The molecule has 2 N–H and O–H groups in total. The number of methoxy groups -OCH3 is 1. The van der Waals surface area contributed by atoms with E-state index in [1.165, 1.54) is 0 Å². The Bertz CT molecular complexity index is 684. The molecule has 2 rings (SSSR count). The van der Waals surface area contributed by atoms with Crippen LogP contribution in [0.3, 0.4) is 0 Å². The van der Waals surface area contributed by atoms with Gasteiger partial charge in [0.05, 0.1) is 13.7 Å². The average Bonchev–Trinajstić information content (AvgIpc) is 2.99. The first-order valence-corrected chi connectivity index (χ1v) is 7.81. The van der Waals surface area contributed by atoms with Gasteiger partial charge in [-0.2, -0.15) is 4.98 Å². The summed E-state index contributed by atoms with van der Waals surface area (Å²) >= 11 is 0. The third-order valence-corrected chi connectivity index (χ3v) is 3.01. The van der Waals surface area contributed by atoms with E-state index in [2.05, 4.69) is 25.8 Å². The third kappa shape index (κ3) is 4.87. The van der Waals surface area contributed by atoms with Crippen LogP contribution in [0.2, 0.25) is 0 Å². The fourth-order valence-corrected chi connectivity index (χ4v) is 2.02. The topological polar surface area (TPSA) is 93.8 Å². The lowest BCUT2D eigenvalue weighted by molar-refractivity contribution is 0.311. The number of benzene rings is 1. The Labute approximate surface area is 141 Å². The van der Waals surface area contributed by atoms with Gasteiger partial charge in [-0.1, -0.05) is 5.16 Å². The zero-order valence-corrected chi connectivity index (χ0v) is 14.4. The van der Waals surface area contributed by atoms with Crippen molar-refractivity contribution in [2.45, 2.75) is 27.3 Å². The van der Waals surface area contributed by atoms with Crippen molar-refractivity contribution < 1.29 is 14.0 Å². The molecule has 1 aromatic carbocycles. The number of aliphatic imine (C=N–C) groups is 1. The van der Waals surface area contributed by atoms with E-state index < -0.39 is 0 Å². The molecule has 2 aromatic rings. The van der Waals surface area contributed by atoms with Gasteiger partial charge in [0, 0.05) is 18.3 Å². The van der Waals surface area contributed by atoms with Crippen molar-refractivity contribution >= 4 is 11.6 Å². The average molecular weight is 333 g/mol. The SMILES string of the molecule is CCNC(=NCc1nc(C)no1)Nc1ccc(OC)c(OCC)c1. The molecule has 8 heteroatoms. The van der Waals surface area contributed by atoms with Crippen molar-refractivity contribution in [1.29, 1.82) is 0 Å². The highest BCUT2D eigenvalue weighted by Crippen LogP contribution is 2.30. The van der Waals surface area contributed by atoms with Crippen LogP contribution < -0.4 is 20.1 Å². The van der Waals surface area contributed by atoms with E-state index >= 15 is 0 Å². The maximum atomic E-state index is 5.58. The van der Waals surface area contributed by atoms with Gasteiger partial charge < -0.3 is 24.6 Å². The van der Waals surface area contributed by atoms with E-state index in [1.807, 2.05) is 32.0 Å². The lowest BCUT2D eigenvalue weighted by atomic mass is 10.2. The van der Waals surface area contributed by atoms with E-state index in [1.54, 1.807) is 14.0 Å². The molecule has 8 nitrogen and oxygen atoms in total. The van der Waals surface area contributed by atoms with Crippen molar-refractivity contribution in [2.24, 2.45) is 4.99 Å². The molecule has 0 amide bonds. The first-order valence-electron chi connectivity index (χ1n) is 7.81. The normalized spacial score (nSPS) is 11.2. The minimum atomic E-state index is 0.296. The molecule has 0 atom stereocenters. The van der Waals surface area contributed by atoms with Crippen molar-refractivity contribution in [2.75, 3.05) is 25.6 Å². The number of nitrogens with zero attached hydrogens (tertiary/aromatic N) is 3. The Morgan fingerprint density at radius 2 is 2.12 bits per heavy atom. The molecule has 0 radical (unpaired) electrons. The summed E-state index contributed by atoms with van der Waals surface area (Å²) in [6, 6.07) is 5.61. The molecule has 0 spiro atoms. The molecule has 1 aromatic heterocycles. The summed E-state index contributed by atoms with van der Waals surface area (Å²) < 4.78 is 15.9. The first-order chi connectivity index (χ1) is 11.7. The van der Waals surface area contributed by atoms with Crippen LogP contribution in [-0.2, 0) is 6.54 Å². The summed E-state index contributed by atoms with van der Waals surface area (Å²) in [5, 5.41) is 10.1. The molecule has 0 saturated heterocycles. The first kappa shape index (κ1) is 17.6. The lowest BCUT2D eigenvalue weighted by Gasteiger charge is -2.14. The van der Waals surface area contributed by atoms with E-state index in [0.29, 0.717) is 42.3 Å². The van der Waals surface area contributed by atoms with Gasteiger partial charge in [0.2, 0.25) is 5.89 Å². The molecule has 0 unspecified atom stereocenters. The van der Waals surface area contributed by atoms with Crippen LogP contribution in [0.15, 0.2) is 27.7 Å². The minimum Gasteiger partial charge on any atom is -0.493 e. The number of hydrogen-bond acceptors (Lipinski definition) is 6. The Hall–Kier alpha value is -2.77. The molecule has 0 aliphatic heterocycles. The molecule has 0 saturated carbocycles. The minimum absolute atomic E-state index is 0.296. The van der Waals surface area contributed by atoms with E-state index in [4.69, 9.17) is 14.0 Å². The van der Waals surface area contributed by atoms with Crippen LogP contribution in [0.1, 0.15) is 25.6 Å². The standard InChI is InChI=1S/C16H23N5O3/c1-5-17-16(18-10-15-19-11(3)21-24-15)20-12-7-8-13(22-4)14(9-12)23-6-2/h7-9H,5-6,10H2,1-4H3,(H2,17,18,20). The highest BCUT2D eigenvalue weighted by molar-refractivity contribution is 5.93. The number of rotatable bonds is 7. The molecule has 1 heterocycles. The molecular formula is C16H23N5O3. The largest absolute Gasteiger partial charge is 0.493 e. The van der Waals surface area contributed by atoms with E-state index in [-0.39, 0.29) is 0 Å². The van der Waals surface area contributed by atoms with Crippen molar-refractivity contribution in [1.82, 2.24) is 15.5 Å². The second-order valence-corrected chi connectivity index (χ2v) is 4.85. The third-order valence-electron chi connectivity index (χ3n) is 3.01. The summed E-state index contributed by atoms with van der Waals surface area (Å²) in [5.41, 5.74) is 0.834. The number of anilines is 1. The maximum Gasteiger partial charge on any atom is 0.248 e. The van der Waals surface area contributed by atoms with Gasteiger partial charge in [-0.15, -0.1) is 0 Å². The highest BCUT2D eigenvalue weighted by Gasteiger charge is 2.08. The summed E-state index contributed by atoms with van der Waals surface area (Å²) in [7, 11) is 1.61. The second kappa shape index (κ2) is 8.76. The van der Waals surface area contributed by atoms with Gasteiger partial charge in [0.25, 0.3) is 0 Å². The lowest BCUT2D eigenvalue weighted by Crippen LogP contribution is -2.30. The quantitative estimate of drug-likeness (QED) is 0.593. The fourth-order valence-electron chi connectivity index (χ4n) is 2.02. The number of hydrogen-bond donors (Lipinski definition) is 2. The van der Waals surface area contributed by atoms with Crippen molar-refractivity contribution in [3.63, 3.8) is 0 Å². The van der Waals surface area contributed by atoms with Gasteiger partial charge in [0.15, 0.2) is 23.3 Å². The van der Waals surface area contributed by atoms with Crippen LogP contribution in [-0.4, -0.2) is 36.4 Å². The van der Waals surface area contributed by atoms with E-state index in [9.17, 15) is 0 Å². The Morgan fingerprint density at radius 1 is 1.29 bits per heavy atom. The van der Waals surface area contributed by atoms with Gasteiger partial charge in [-0.3, -0.25) is 0 Å². The maximum absolute atomic E-state index is 5.58. The number of aromatic nitrogens is 2. The van der Waals surface area contributed by atoms with Gasteiger partial charge in [-0.05, 0) is 32.9 Å². The van der Waals surface area contributed by atoms with Crippen LogP contribution in [0.5, 0.6) is 11.5 Å². The predicted octanol–water partition coefficient (Wildman–Crippen LogP) is 2.36. The van der Waals surface area contributed by atoms with Crippen LogP contribution >= 0.6 is 0 Å². The highest BCUT2D eigenvalue weighted by atomic mass is 16.5. The summed E-state index contributed by atoms with van der Waals surface area (Å²) in [5.74, 6) is 3.03. The Kier molecular flexibility index (Phi) is 6.41. The van der Waals surface area contributed by atoms with Gasteiger partial charge >= 0.3 is 0 Å². The Morgan fingerprint density at radius 3 is 2.75 bits per heavy atom. The summed E-state index contributed by atoms with van der Waals surface area (Å²) in [6.07, 6.45) is 0. The number of nitrogens with one attached hydrogen (secondary N) is 2. The van der Waals surface area contributed by atoms with Crippen LogP contribution in [0, 0.1) is 6.92 Å². The van der Waals surface area contributed by atoms with Gasteiger partial charge in [0.1, 0.15) is 6.54 Å². The van der Waals surface area contributed by atoms with Crippen molar-refractivity contribution in [3.05, 3.63) is 29.9 Å². The number of ether oxygens (including phenoxy) is 2. The smallest absolute Gasteiger partial charge is 0.248 e. The molecule has 0 aliphatic carbocycles. The Balaban J connectivity index is 2.12. The molecule has 0 bridgehead atoms. The summed E-state index contributed by atoms with van der Waals surface area (Å²) in [4.78, 5) is 8.57. The van der Waals surface area contributed by atoms with E-state index in [0.717, 1.165) is 12.2 Å². The van der Waals surface area contributed by atoms with Crippen molar-refractivity contribution in [3.8, 4) is 11.5 Å². The zero-order chi connectivity index (χ0) is 17.4. The molecule has 0 aliphatic rings. The monoisotopic (exact) mass is 333 g/mol. The van der Waals surface area contributed by atoms with Crippen LogP contribution in [0.4, 0.5) is 5.69 Å². The fraction of sp³-hybridized carbons (Fsp3) is 0.438. The van der Waals surface area contributed by atoms with Gasteiger partial charge in [-0.25, -0.2) is 4.99 Å². The second-order valence-electron chi connectivity index (χ2n) is 4.85. The molecule has 0 fully saturated rings. The number of aryl methyl sites for hydroxylation is 1.